The zero-order chi connectivity index (χ0) is 20.2. The Hall–Kier alpha value is -1.74. The van der Waals surface area contributed by atoms with Crippen molar-refractivity contribution in [2.75, 3.05) is 0 Å². The predicted octanol–water partition coefficient (Wildman–Crippen LogP) is 5.06. The first kappa shape index (κ1) is 22.5. The number of rotatable bonds is 11. The van der Waals surface area contributed by atoms with Crippen LogP contribution in [-0.2, 0) is 9.59 Å². The van der Waals surface area contributed by atoms with E-state index >= 15 is 0 Å². The predicted molar refractivity (Wildman–Crippen MR) is 118 cm³/mol. The van der Waals surface area contributed by atoms with E-state index in [9.17, 15) is 9.59 Å². The molecule has 150 valence electrons. The van der Waals surface area contributed by atoms with Gasteiger partial charge in [0, 0.05) is 22.6 Å². The lowest BCUT2D eigenvalue weighted by atomic mass is 10.1. The van der Waals surface area contributed by atoms with Crippen molar-refractivity contribution in [2.24, 2.45) is 10.2 Å². The van der Waals surface area contributed by atoms with Crippen LogP contribution >= 0.6 is 45.9 Å². The minimum Gasteiger partial charge on any atom is -0.273 e. The molecule has 0 radical (unpaired) electrons. The normalized spacial score (nSPS) is 11.4. The molecule has 10 heteroatoms. The summed E-state index contributed by atoms with van der Waals surface area (Å²) in [6.07, 6.45) is 7.22. The Morgan fingerprint density at radius 2 is 1.21 bits per heavy atom. The van der Waals surface area contributed by atoms with E-state index in [2.05, 4.69) is 21.1 Å². The summed E-state index contributed by atoms with van der Waals surface area (Å²) in [5.74, 6) is -0.251. The fraction of sp³-hybridized carbons (Fsp3) is 0.333. The van der Waals surface area contributed by atoms with Gasteiger partial charge in [0.25, 0.3) is 0 Å². The third kappa shape index (κ3) is 9.45. The third-order valence-electron chi connectivity index (χ3n) is 3.51. The second-order valence-corrected chi connectivity index (χ2v) is 9.28. The van der Waals surface area contributed by atoms with E-state index in [-0.39, 0.29) is 11.8 Å². The monoisotopic (exact) mass is 458 g/mol. The lowest BCUT2D eigenvalue weighted by molar-refractivity contribution is -0.122. The number of hydrogen-bond donors (Lipinski definition) is 2. The fourth-order valence-electron chi connectivity index (χ4n) is 2.17. The topological polar surface area (TPSA) is 82.9 Å². The number of carbonyl (C=O) groups is 2. The van der Waals surface area contributed by atoms with E-state index in [4.69, 9.17) is 23.2 Å². The number of hydrazone groups is 2. The summed E-state index contributed by atoms with van der Waals surface area (Å²) in [4.78, 5) is 25.1. The van der Waals surface area contributed by atoms with Crippen molar-refractivity contribution in [3.05, 3.63) is 42.7 Å². The Kier molecular flexibility index (Phi) is 10.2. The first-order valence-corrected chi connectivity index (χ1v) is 11.1. The van der Waals surface area contributed by atoms with Crippen LogP contribution in [0.3, 0.4) is 0 Å². The molecule has 2 aromatic rings. The van der Waals surface area contributed by atoms with Gasteiger partial charge in [-0.1, -0.05) is 36.0 Å². The summed E-state index contributed by atoms with van der Waals surface area (Å²) in [6.45, 7) is 0. The maximum atomic E-state index is 11.7. The average molecular weight is 459 g/mol. The highest BCUT2D eigenvalue weighted by Gasteiger charge is 2.02. The van der Waals surface area contributed by atoms with Gasteiger partial charge in [0.1, 0.15) is 0 Å². The minimum atomic E-state index is -0.125. The van der Waals surface area contributed by atoms with Gasteiger partial charge in [-0.15, -0.1) is 22.7 Å². The maximum absolute atomic E-state index is 11.7. The number of nitrogens with zero attached hydrogens (tertiary/aromatic N) is 2. The molecule has 2 aromatic heterocycles. The molecule has 0 fully saturated rings. The summed E-state index contributed by atoms with van der Waals surface area (Å²) >= 11 is 14.4. The molecule has 28 heavy (non-hydrogen) atoms. The Balaban J connectivity index is 1.47. The number of halogens is 2. The van der Waals surface area contributed by atoms with Crippen LogP contribution in [0.25, 0.3) is 0 Å². The molecule has 2 rings (SSSR count). The highest BCUT2D eigenvalue weighted by molar-refractivity contribution is 7.18. The van der Waals surface area contributed by atoms with Crippen molar-refractivity contribution in [3.8, 4) is 0 Å². The highest BCUT2D eigenvalue weighted by Crippen LogP contribution is 2.20. The highest BCUT2D eigenvalue weighted by atomic mass is 35.5. The lowest BCUT2D eigenvalue weighted by Crippen LogP contribution is -2.17. The number of amides is 2. The molecule has 0 saturated carbocycles. The van der Waals surface area contributed by atoms with Gasteiger partial charge >= 0.3 is 0 Å². The van der Waals surface area contributed by atoms with E-state index < -0.39 is 0 Å². The number of unbranched alkanes of at least 4 members (excludes halogenated alkanes) is 3. The first-order valence-electron chi connectivity index (χ1n) is 8.67. The van der Waals surface area contributed by atoms with Crippen molar-refractivity contribution in [1.82, 2.24) is 10.9 Å². The summed E-state index contributed by atoms with van der Waals surface area (Å²) in [6, 6.07) is 7.23. The quantitative estimate of drug-likeness (QED) is 0.280. The molecule has 2 N–H and O–H groups in total. The van der Waals surface area contributed by atoms with Crippen molar-refractivity contribution in [2.45, 2.75) is 38.5 Å². The number of carbonyl (C=O) groups excluding carboxylic acids is 2. The number of hydrogen-bond acceptors (Lipinski definition) is 6. The molecule has 0 saturated heterocycles. The Morgan fingerprint density at radius 1 is 0.786 bits per heavy atom. The molecule has 2 amide bonds. The Bertz CT molecular complexity index is 765. The molecule has 6 nitrogen and oxygen atoms in total. The molecule has 0 spiro atoms. The first-order chi connectivity index (χ1) is 13.5. The summed E-state index contributed by atoms with van der Waals surface area (Å²) < 4.78 is 1.36. The molecule has 0 aliphatic carbocycles. The summed E-state index contributed by atoms with van der Waals surface area (Å²) in [5.41, 5.74) is 4.99. The van der Waals surface area contributed by atoms with Gasteiger partial charge in [-0.3, -0.25) is 9.59 Å². The van der Waals surface area contributed by atoms with Crippen LogP contribution in [0.4, 0.5) is 0 Å². The van der Waals surface area contributed by atoms with Crippen LogP contribution in [0.5, 0.6) is 0 Å². The Morgan fingerprint density at radius 3 is 1.57 bits per heavy atom. The van der Waals surface area contributed by atoms with Crippen molar-refractivity contribution in [1.29, 1.82) is 0 Å². The Labute approximate surface area is 181 Å². The van der Waals surface area contributed by atoms with Crippen LogP contribution in [0, 0.1) is 0 Å². The summed E-state index contributed by atoms with van der Waals surface area (Å²) in [5, 5.41) is 7.80. The molecular weight excluding hydrogens is 439 g/mol. The average Bonchev–Trinajstić information content (AvgIpc) is 3.26. The molecule has 0 aliphatic rings. The molecule has 0 unspecified atom stereocenters. The van der Waals surface area contributed by atoms with E-state index in [1.54, 1.807) is 24.6 Å². The molecule has 0 aromatic carbocycles. The van der Waals surface area contributed by atoms with Crippen molar-refractivity contribution in [3.63, 3.8) is 0 Å². The van der Waals surface area contributed by atoms with E-state index in [1.165, 1.54) is 22.7 Å². The van der Waals surface area contributed by atoms with Crippen LogP contribution in [0.1, 0.15) is 48.3 Å². The standard InChI is InChI=1S/C18H20Cl2N4O2S2/c19-15-9-7-13(27-15)11-21-23-17(25)5-3-1-2-4-6-18(26)24-22-12-14-8-10-16(20)28-14/h7-12H,1-6H2,(H,23,25)(H,24,26)/b21-11+,22-12+. The van der Waals surface area contributed by atoms with Crippen molar-refractivity contribution < 1.29 is 9.59 Å². The van der Waals surface area contributed by atoms with E-state index in [0.29, 0.717) is 21.5 Å². The number of nitrogens with one attached hydrogen (secondary N) is 2. The van der Waals surface area contributed by atoms with Crippen LogP contribution in [0.15, 0.2) is 34.5 Å². The van der Waals surface area contributed by atoms with Gasteiger partial charge in [-0.2, -0.15) is 10.2 Å². The second-order valence-electron chi connectivity index (χ2n) is 5.78. The zero-order valence-electron chi connectivity index (χ0n) is 15.0. The SMILES string of the molecule is O=C(CCCCCCC(=O)N/N=C/c1ccc(Cl)s1)N/N=C/c1ccc(Cl)s1. The van der Waals surface area contributed by atoms with E-state index in [0.717, 1.165) is 35.4 Å². The minimum absolute atomic E-state index is 0.125. The largest absolute Gasteiger partial charge is 0.273 e. The van der Waals surface area contributed by atoms with Crippen LogP contribution in [-0.4, -0.2) is 24.2 Å². The molecule has 0 bridgehead atoms. The fourth-order valence-corrected chi connectivity index (χ4v) is 4.03. The molecule has 0 atom stereocenters. The molecule has 2 heterocycles. The van der Waals surface area contributed by atoms with Crippen LogP contribution in [0.2, 0.25) is 8.67 Å². The van der Waals surface area contributed by atoms with Gasteiger partial charge in [0.2, 0.25) is 11.8 Å². The lowest BCUT2D eigenvalue weighted by Gasteiger charge is -2.01. The molecule has 0 aliphatic heterocycles. The second kappa shape index (κ2) is 12.7. The van der Waals surface area contributed by atoms with Gasteiger partial charge < -0.3 is 0 Å². The van der Waals surface area contributed by atoms with Gasteiger partial charge in [-0.25, -0.2) is 10.9 Å². The number of thiophene rings is 2. The molecular formula is C18H20Cl2N4O2S2. The summed E-state index contributed by atoms with van der Waals surface area (Å²) in [7, 11) is 0. The van der Waals surface area contributed by atoms with Crippen LogP contribution < -0.4 is 10.9 Å². The van der Waals surface area contributed by atoms with Gasteiger partial charge in [0.15, 0.2) is 0 Å². The smallest absolute Gasteiger partial charge is 0.240 e. The van der Waals surface area contributed by atoms with E-state index in [1.807, 2.05) is 12.1 Å². The van der Waals surface area contributed by atoms with Crippen molar-refractivity contribution >= 4 is 70.1 Å². The van der Waals surface area contributed by atoms with Gasteiger partial charge in [0.05, 0.1) is 21.1 Å². The maximum Gasteiger partial charge on any atom is 0.240 e. The zero-order valence-corrected chi connectivity index (χ0v) is 18.1. The third-order valence-corrected chi connectivity index (χ3v) is 5.84. The van der Waals surface area contributed by atoms with Gasteiger partial charge in [-0.05, 0) is 37.1 Å².